The molecular formula is C21H21N3. The van der Waals surface area contributed by atoms with E-state index >= 15 is 0 Å². The van der Waals surface area contributed by atoms with Crippen molar-refractivity contribution in [1.82, 2.24) is 14.5 Å². The number of benzene rings is 2. The van der Waals surface area contributed by atoms with Gasteiger partial charge in [-0.2, -0.15) is 0 Å². The second-order valence-corrected chi connectivity index (χ2v) is 7.20. The van der Waals surface area contributed by atoms with E-state index in [0.717, 1.165) is 28.1 Å². The number of rotatable bonds is 2. The van der Waals surface area contributed by atoms with Gasteiger partial charge < -0.3 is 9.55 Å². The Labute approximate surface area is 142 Å². The molecule has 2 heterocycles. The van der Waals surface area contributed by atoms with Gasteiger partial charge in [-0.3, -0.25) is 0 Å². The SMILES string of the molecule is CC(C)(C)c1ccc2nc(-c3ccc(-n4cccc4)cc3)[nH]c2c1. The summed E-state index contributed by atoms with van der Waals surface area (Å²) in [5.74, 6) is 0.912. The number of aromatic amines is 1. The second kappa shape index (κ2) is 5.38. The molecule has 1 N–H and O–H groups in total. The van der Waals surface area contributed by atoms with Crippen molar-refractivity contribution in [1.29, 1.82) is 0 Å². The summed E-state index contributed by atoms with van der Waals surface area (Å²) < 4.78 is 2.10. The van der Waals surface area contributed by atoms with Gasteiger partial charge in [0.15, 0.2) is 0 Å². The maximum Gasteiger partial charge on any atom is 0.138 e. The molecule has 0 aliphatic heterocycles. The summed E-state index contributed by atoms with van der Waals surface area (Å²) >= 11 is 0. The van der Waals surface area contributed by atoms with Crippen LogP contribution in [0.4, 0.5) is 0 Å². The lowest BCUT2D eigenvalue weighted by atomic mass is 9.87. The molecule has 4 rings (SSSR count). The first kappa shape index (κ1) is 14.8. The monoisotopic (exact) mass is 315 g/mol. The van der Waals surface area contributed by atoms with E-state index in [2.05, 4.69) is 72.8 Å². The van der Waals surface area contributed by atoms with Crippen molar-refractivity contribution in [3.05, 3.63) is 72.6 Å². The molecule has 4 aromatic rings. The molecular weight excluding hydrogens is 294 g/mol. The van der Waals surface area contributed by atoms with E-state index in [0.29, 0.717) is 0 Å². The van der Waals surface area contributed by atoms with Crippen molar-refractivity contribution < 1.29 is 0 Å². The summed E-state index contributed by atoms with van der Waals surface area (Å²) in [6, 6.07) is 19.0. The molecule has 3 heteroatoms. The number of hydrogen-bond acceptors (Lipinski definition) is 1. The molecule has 2 aromatic heterocycles. The Bertz CT molecular complexity index is 968. The maximum atomic E-state index is 4.74. The maximum absolute atomic E-state index is 4.74. The second-order valence-electron chi connectivity index (χ2n) is 7.20. The standard InChI is InChI=1S/C21H21N3/c1-21(2,3)16-8-11-18-19(14-16)23-20(22-18)15-6-9-17(10-7-15)24-12-4-5-13-24/h4-14H,1-3H3,(H,22,23). The van der Waals surface area contributed by atoms with E-state index < -0.39 is 0 Å². The lowest BCUT2D eigenvalue weighted by Gasteiger charge is -2.18. The summed E-state index contributed by atoms with van der Waals surface area (Å²) in [5, 5.41) is 0. The number of nitrogens with one attached hydrogen (secondary N) is 1. The van der Waals surface area contributed by atoms with Crippen LogP contribution >= 0.6 is 0 Å². The lowest BCUT2D eigenvalue weighted by molar-refractivity contribution is 0.591. The fraction of sp³-hybridized carbons (Fsp3) is 0.190. The molecule has 0 fully saturated rings. The number of aromatic nitrogens is 3. The first-order valence-corrected chi connectivity index (χ1v) is 8.25. The average Bonchev–Trinajstić information content (AvgIpc) is 3.23. The highest BCUT2D eigenvalue weighted by Gasteiger charge is 2.15. The predicted octanol–water partition coefficient (Wildman–Crippen LogP) is 5.32. The van der Waals surface area contributed by atoms with Crippen molar-refractivity contribution in [2.24, 2.45) is 0 Å². The van der Waals surface area contributed by atoms with E-state index in [1.165, 1.54) is 5.56 Å². The average molecular weight is 315 g/mol. The zero-order chi connectivity index (χ0) is 16.7. The van der Waals surface area contributed by atoms with Crippen molar-refractivity contribution in [2.75, 3.05) is 0 Å². The van der Waals surface area contributed by atoms with E-state index in [9.17, 15) is 0 Å². The van der Waals surface area contributed by atoms with Gasteiger partial charge in [-0.05, 0) is 59.5 Å². The van der Waals surface area contributed by atoms with Crippen LogP contribution in [0, 0.1) is 0 Å². The molecule has 0 bridgehead atoms. The molecule has 0 spiro atoms. The molecule has 0 saturated heterocycles. The van der Waals surface area contributed by atoms with Crippen molar-refractivity contribution >= 4 is 11.0 Å². The first-order valence-electron chi connectivity index (χ1n) is 8.25. The Morgan fingerprint density at radius 3 is 2.29 bits per heavy atom. The largest absolute Gasteiger partial charge is 0.338 e. The highest BCUT2D eigenvalue weighted by atomic mass is 14.9. The minimum Gasteiger partial charge on any atom is -0.338 e. The van der Waals surface area contributed by atoms with E-state index in [-0.39, 0.29) is 5.41 Å². The first-order chi connectivity index (χ1) is 11.5. The Balaban J connectivity index is 1.71. The van der Waals surface area contributed by atoms with Crippen molar-refractivity contribution in [2.45, 2.75) is 26.2 Å². The number of H-pyrrole nitrogens is 1. The third kappa shape index (κ3) is 2.62. The van der Waals surface area contributed by atoms with Gasteiger partial charge >= 0.3 is 0 Å². The minimum atomic E-state index is 0.137. The Morgan fingerprint density at radius 2 is 1.62 bits per heavy atom. The van der Waals surface area contributed by atoms with Crippen LogP contribution in [0.3, 0.4) is 0 Å². The Kier molecular flexibility index (Phi) is 3.31. The molecule has 0 saturated carbocycles. The van der Waals surface area contributed by atoms with Gasteiger partial charge in [0.25, 0.3) is 0 Å². The summed E-state index contributed by atoms with van der Waals surface area (Å²) in [6.45, 7) is 6.68. The zero-order valence-electron chi connectivity index (χ0n) is 14.2. The van der Waals surface area contributed by atoms with Gasteiger partial charge in [-0.25, -0.2) is 4.98 Å². The van der Waals surface area contributed by atoms with Crippen LogP contribution in [0.2, 0.25) is 0 Å². The van der Waals surface area contributed by atoms with Crippen molar-refractivity contribution in [3.63, 3.8) is 0 Å². The quantitative estimate of drug-likeness (QED) is 0.534. The molecule has 24 heavy (non-hydrogen) atoms. The van der Waals surface area contributed by atoms with E-state index in [4.69, 9.17) is 4.98 Å². The Morgan fingerprint density at radius 1 is 0.917 bits per heavy atom. The Hall–Kier alpha value is -2.81. The lowest BCUT2D eigenvalue weighted by Crippen LogP contribution is -2.10. The molecule has 3 nitrogen and oxygen atoms in total. The molecule has 0 amide bonds. The molecule has 0 aliphatic carbocycles. The highest BCUT2D eigenvalue weighted by molar-refractivity contribution is 5.80. The third-order valence-electron chi connectivity index (χ3n) is 4.39. The van der Waals surface area contributed by atoms with Gasteiger partial charge in [0.05, 0.1) is 11.0 Å². The summed E-state index contributed by atoms with van der Waals surface area (Å²) in [5.41, 5.74) is 5.79. The predicted molar refractivity (Wildman–Crippen MR) is 99.6 cm³/mol. The van der Waals surface area contributed by atoms with Gasteiger partial charge in [-0.1, -0.05) is 26.8 Å². The molecule has 0 unspecified atom stereocenters. The molecule has 0 radical (unpaired) electrons. The fourth-order valence-corrected chi connectivity index (χ4v) is 2.91. The van der Waals surface area contributed by atoms with Crippen LogP contribution in [0.5, 0.6) is 0 Å². The van der Waals surface area contributed by atoms with Crippen LogP contribution in [0.1, 0.15) is 26.3 Å². The molecule has 120 valence electrons. The molecule has 2 aromatic carbocycles. The number of hydrogen-bond donors (Lipinski definition) is 1. The normalized spacial score (nSPS) is 12.0. The number of imidazole rings is 1. The molecule has 0 atom stereocenters. The smallest absolute Gasteiger partial charge is 0.138 e. The number of nitrogens with zero attached hydrogens (tertiary/aromatic N) is 2. The summed E-state index contributed by atoms with van der Waals surface area (Å²) in [4.78, 5) is 8.20. The highest BCUT2D eigenvalue weighted by Crippen LogP contribution is 2.27. The van der Waals surface area contributed by atoms with E-state index in [1.54, 1.807) is 0 Å². The fourth-order valence-electron chi connectivity index (χ4n) is 2.91. The third-order valence-corrected chi connectivity index (χ3v) is 4.39. The van der Waals surface area contributed by atoms with Crippen LogP contribution in [0.15, 0.2) is 67.0 Å². The van der Waals surface area contributed by atoms with Gasteiger partial charge in [-0.15, -0.1) is 0 Å². The van der Waals surface area contributed by atoms with Crippen molar-refractivity contribution in [3.8, 4) is 17.1 Å². The topological polar surface area (TPSA) is 33.6 Å². The van der Waals surface area contributed by atoms with Crippen LogP contribution in [-0.2, 0) is 5.41 Å². The zero-order valence-corrected chi connectivity index (χ0v) is 14.2. The number of fused-ring (bicyclic) bond motifs is 1. The van der Waals surface area contributed by atoms with E-state index in [1.807, 2.05) is 24.5 Å². The van der Waals surface area contributed by atoms with Gasteiger partial charge in [0, 0.05) is 23.6 Å². The van der Waals surface area contributed by atoms with Gasteiger partial charge in [0.2, 0.25) is 0 Å². The van der Waals surface area contributed by atoms with Gasteiger partial charge in [0.1, 0.15) is 5.82 Å². The summed E-state index contributed by atoms with van der Waals surface area (Å²) in [6.07, 6.45) is 4.09. The van der Waals surface area contributed by atoms with Crippen LogP contribution < -0.4 is 0 Å². The molecule has 0 aliphatic rings. The van der Waals surface area contributed by atoms with Crippen LogP contribution in [0.25, 0.3) is 28.1 Å². The minimum absolute atomic E-state index is 0.137. The summed E-state index contributed by atoms with van der Waals surface area (Å²) in [7, 11) is 0. The van der Waals surface area contributed by atoms with Crippen LogP contribution in [-0.4, -0.2) is 14.5 Å².